The fourth-order valence-electron chi connectivity index (χ4n) is 5.76. The maximum atomic E-state index is 13.6. The molecule has 3 unspecified atom stereocenters. The number of H-pyrrole nitrogens is 1. The number of rotatable bonds is 17. The zero-order valence-electron chi connectivity index (χ0n) is 25.8. The van der Waals surface area contributed by atoms with Crippen LogP contribution < -0.4 is 11.2 Å². The van der Waals surface area contributed by atoms with Gasteiger partial charge in [0.2, 0.25) is 0 Å². The quantitative estimate of drug-likeness (QED) is 0.192. The van der Waals surface area contributed by atoms with E-state index in [1.54, 1.807) is 13.8 Å². The Balaban J connectivity index is 1.99. The summed E-state index contributed by atoms with van der Waals surface area (Å²) in [7, 11) is -3.51. The number of hydrogen-bond donors (Lipinski definition) is 1. The van der Waals surface area contributed by atoms with Crippen LogP contribution in [-0.4, -0.2) is 77.2 Å². The van der Waals surface area contributed by atoms with Gasteiger partial charge in [-0.25, -0.2) is 9.46 Å². The number of ether oxygens (including phenoxy) is 2. The molecule has 0 aromatic carbocycles. The maximum Gasteiger partial charge on any atom is 0.334 e. The molecule has 2 aliphatic rings. The van der Waals surface area contributed by atoms with Crippen molar-refractivity contribution in [1.29, 1.82) is 5.26 Å². The van der Waals surface area contributed by atoms with Crippen LogP contribution in [0, 0.1) is 23.2 Å². The minimum Gasteiger partial charge on any atom is -0.374 e. The lowest BCUT2D eigenvalue weighted by Crippen LogP contribution is -2.41. The largest absolute Gasteiger partial charge is 0.374 e. The highest BCUT2D eigenvalue weighted by atomic mass is 31.2. The number of nitrogens with one attached hydrogen (secondary N) is 1. The van der Waals surface area contributed by atoms with Crippen LogP contribution in [0.3, 0.4) is 0 Å². The van der Waals surface area contributed by atoms with E-state index in [-0.39, 0.29) is 55.8 Å². The van der Waals surface area contributed by atoms with Gasteiger partial charge in [0.25, 0.3) is 14.1 Å². The molecule has 1 aromatic heterocycles. The Morgan fingerprint density at radius 3 is 2.33 bits per heavy atom. The summed E-state index contributed by atoms with van der Waals surface area (Å²) in [6.45, 7) is 14.5. The van der Waals surface area contributed by atoms with Crippen LogP contribution in [0.15, 0.2) is 21.9 Å². The average molecular weight is 633 g/mol. The molecule has 238 valence electrons. The third-order valence-corrected chi connectivity index (χ3v) is 12.5. The molecule has 1 aromatic rings. The minimum absolute atomic E-state index is 0.0465. The van der Waals surface area contributed by atoms with Crippen LogP contribution in [0.5, 0.6) is 0 Å². The van der Waals surface area contributed by atoms with Crippen molar-refractivity contribution in [2.24, 2.45) is 11.8 Å². The molecule has 13 nitrogen and oxygen atoms in total. The molecule has 0 bridgehead atoms. The van der Waals surface area contributed by atoms with Gasteiger partial charge in [-0.05, 0) is 59.8 Å². The van der Waals surface area contributed by atoms with E-state index >= 15 is 0 Å². The lowest BCUT2D eigenvalue weighted by molar-refractivity contribution is -0.0556. The molecule has 2 heterocycles. The molecule has 1 saturated heterocycles. The van der Waals surface area contributed by atoms with Gasteiger partial charge in [-0.1, -0.05) is 6.92 Å². The SMILES string of the molecule is CCOP(=O)(OCC)[C@@H]1[C@H](C)[C@@H]1C[C@H]1O[C@@H](n2ccc(=O)[nH]c2=O)C(OC)C1OP(OCCC#N)N(C(C)C)C(C)C. The molecule has 1 aliphatic heterocycles. The molecule has 1 N–H and O–H groups in total. The second kappa shape index (κ2) is 15.5. The van der Waals surface area contributed by atoms with Crippen LogP contribution in [-0.2, 0) is 32.1 Å². The Bertz CT molecular complexity index is 1200. The molecule has 8 atom stereocenters. The molecule has 0 radical (unpaired) electrons. The van der Waals surface area contributed by atoms with Crippen molar-refractivity contribution >= 4 is 16.1 Å². The molecular weight excluding hydrogens is 586 g/mol. The van der Waals surface area contributed by atoms with Gasteiger partial charge < -0.3 is 27.6 Å². The summed E-state index contributed by atoms with van der Waals surface area (Å²) in [5.41, 5.74) is -1.46. The number of aromatic nitrogens is 2. The summed E-state index contributed by atoms with van der Waals surface area (Å²) in [4.78, 5) is 26.9. The van der Waals surface area contributed by atoms with Gasteiger partial charge in [-0.3, -0.25) is 18.9 Å². The topological polar surface area (TPSA) is 154 Å². The number of nitrogens with zero attached hydrogens (tertiary/aromatic N) is 3. The molecule has 1 saturated carbocycles. The van der Waals surface area contributed by atoms with Crippen molar-refractivity contribution in [2.45, 2.75) is 104 Å². The van der Waals surface area contributed by atoms with Gasteiger partial charge in [-0.2, -0.15) is 5.26 Å². The first-order chi connectivity index (χ1) is 19.9. The van der Waals surface area contributed by atoms with Crippen molar-refractivity contribution in [3.63, 3.8) is 0 Å². The summed E-state index contributed by atoms with van der Waals surface area (Å²) in [6.07, 6.45) is -0.917. The second-order valence-electron chi connectivity index (χ2n) is 11.0. The van der Waals surface area contributed by atoms with Crippen LogP contribution >= 0.6 is 16.1 Å². The average Bonchev–Trinajstić information content (AvgIpc) is 3.43. The first-order valence-electron chi connectivity index (χ1n) is 14.6. The van der Waals surface area contributed by atoms with Gasteiger partial charge in [0.15, 0.2) is 6.23 Å². The fourth-order valence-corrected chi connectivity index (χ4v) is 10.2. The van der Waals surface area contributed by atoms with Crippen LogP contribution in [0.4, 0.5) is 0 Å². The number of aromatic amines is 1. The molecule has 0 spiro atoms. The van der Waals surface area contributed by atoms with E-state index in [9.17, 15) is 14.2 Å². The molecule has 0 amide bonds. The summed E-state index contributed by atoms with van der Waals surface area (Å²) in [5.74, 6) is -0.00382. The molecule has 3 rings (SSSR count). The van der Waals surface area contributed by atoms with E-state index in [0.29, 0.717) is 6.42 Å². The van der Waals surface area contributed by atoms with E-state index in [1.165, 1.54) is 23.9 Å². The van der Waals surface area contributed by atoms with Gasteiger partial charge in [-0.15, -0.1) is 0 Å². The Labute approximate surface area is 249 Å². The van der Waals surface area contributed by atoms with E-state index in [1.807, 2.05) is 34.6 Å². The van der Waals surface area contributed by atoms with Crippen LogP contribution in [0.1, 0.15) is 67.5 Å². The second-order valence-corrected chi connectivity index (χ2v) is 14.6. The Hall–Kier alpha value is -1.45. The van der Waals surface area contributed by atoms with E-state index in [4.69, 9.17) is 32.8 Å². The van der Waals surface area contributed by atoms with Gasteiger partial charge in [0, 0.05) is 31.5 Å². The Morgan fingerprint density at radius 1 is 1.17 bits per heavy atom. The standard InChI is InChI=1S/C27H46N4O9P2/c1-9-37-42(34,38-10-2)25-19(7)20(25)16-21-23(40-41(36-15-11-13-28)31(17(3)4)18(5)6)24(35-8)26(39-21)30-14-12-22(32)29-27(30)33/h12,14,17-21,23-26H,9-11,15-16H2,1-8H3,(H,29,32,33)/t19-,20+,21-,23?,24?,25-,26-,41?/m1/s1. The summed E-state index contributed by atoms with van der Waals surface area (Å²) in [6, 6.07) is 3.48. The molecule has 1 aliphatic carbocycles. The molecule has 2 fully saturated rings. The molecule has 42 heavy (non-hydrogen) atoms. The summed E-state index contributed by atoms with van der Waals surface area (Å²) < 4.78 is 53.7. The van der Waals surface area contributed by atoms with E-state index in [2.05, 4.69) is 15.7 Å². The number of hydrogen-bond acceptors (Lipinski definition) is 11. The number of nitriles is 1. The lowest BCUT2D eigenvalue weighted by atomic mass is 10.0. The number of methoxy groups -OCH3 is 1. The van der Waals surface area contributed by atoms with Gasteiger partial charge >= 0.3 is 13.3 Å². The Morgan fingerprint density at radius 2 is 1.81 bits per heavy atom. The summed E-state index contributed by atoms with van der Waals surface area (Å²) >= 11 is 0. The smallest absolute Gasteiger partial charge is 0.334 e. The van der Waals surface area contributed by atoms with E-state index in [0.717, 1.165) is 0 Å². The Kier molecular flexibility index (Phi) is 12.9. The van der Waals surface area contributed by atoms with Crippen molar-refractivity contribution in [3.8, 4) is 6.07 Å². The third-order valence-electron chi connectivity index (χ3n) is 7.56. The zero-order chi connectivity index (χ0) is 31.2. The highest BCUT2D eigenvalue weighted by Crippen LogP contribution is 2.69. The molecule has 15 heteroatoms. The highest BCUT2D eigenvalue weighted by molar-refractivity contribution is 7.55. The first-order valence-corrected chi connectivity index (χ1v) is 17.3. The third kappa shape index (κ3) is 7.98. The molecular formula is C27H46N4O9P2. The predicted molar refractivity (Wildman–Crippen MR) is 158 cm³/mol. The highest BCUT2D eigenvalue weighted by Gasteiger charge is 2.61. The van der Waals surface area contributed by atoms with Gasteiger partial charge in [0.1, 0.15) is 12.2 Å². The van der Waals surface area contributed by atoms with Crippen LogP contribution in [0.2, 0.25) is 0 Å². The van der Waals surface area contributed by atoms with Crippen molar-refractivity contribution in [2.75, 3.05) is 26.9 Å². The monoisotopic (exact) mass is 632 g/mol. The predicted octanol–water partition coefficient (Wildman–Crippen LogP) is 4.40. The lowest BCUT2D eigenvalue weighted by Gasteiger charge is -2.38. The fraction of sp³-hybridized carbons (Fsp3) is 0.815. The van der Waals surface area contributed by atoms with Crippen LogP contribution in [0.25, 0.3) is 0 Å². The normalized spacial score (nSPS) is 28.5. The maximum absolute atomic E-state index is 13.6. The van der Waals surface area contributed by atoms with Crippen molar-refractivity contribution in [3.05, 3.63) is 33.1 Å². The van der Waals surface area contributed by atoms with Crippen molar-refractivity contribution < 1.29 is 32.1 Å². The minimum atomic E-state index is -3.35. The zero-order valence-corrected chi connectivity index (χ0v) is 27.6. The first kappa shape index (κ1) is 35.0. The van der Waals surface area contributed by atoms with Gasteiger partial charge in [0.05, 0.1) is 44.1 Å². The summed E-state index contributed by atoms with van der Waals surface area (Å²) in [5, 5.41) is 9.13. The van der Waals surface area contributed by atoms with E-state index < -0.39 is 51.9 Å². The van der Waals surface area contributed by atoms with Crippen molar-refractivity contribution in [1.82, 2.24) is 14.2 Å².